The Morgan fingerprint density at radius 2 is 1.47 bits per heavy atom. The summed E-state index contributed by atoms with van der Waals surface area (Å²) in [6, 6.07) is 0.517. The van der Waals surface area contributed by atoms with Crippen molar-refractivity contribution < 1.29 is 19.1 Å². The summed E-state index contributed by atoms with van der Waals surface area (Å²) >= 11 is 0. The van der Waals surface area contributed by atoms with Gasteiger partial charge in [-0.15, -0.1) is 0 Å². The van der Waals surface area contributed by atoms with Crippen LogP contribution in [-0.4, -0.2) is 49.2 Å². The molecular formula is C14H25NO4. The first-order valence-electron chi connectivity index (χ1n) is 7.22. The van der Waals surface area contributed by atoms with E-state index in [9.17, 15) is 9.59 Å². The molecule has 5 heteroatoms. The summed E-state index contributed by atoms with van der Waals surface area (Å²) in [4.78, 5) is 25.0. The van der Waals surface area contributed by atoms with Crippen LogP contribution in [0.25, 0.3) is 0 Å². The fraction of sp³-hybridized carbons (Fsp3) is 0.857. The molecule has 0 N–H and O–H groups in total. The number of hydrogen-bond acceptors (Lipinski definition) is 5. The van der Waals surface area contributed by atoms with Crippen molar-refractivity contribution in [2.24, 2.45) is 0 Å². The van der Waals surface area contributed by atoms with Crippen LogP contribution in [0.15, 0.2) is 0 Å². The molecule has 0 aromatic carbocycles. The van der Waals surface area contributed by atoms with E-state index in [1.165, 1.54) is 6.42 Å². The summed E-state index contributed by atoms with van der Waals surface area (Å²) in [5.41, 5.74) is 0. The van der Waals surface area contributed by atoms with E-state index in [2.05, 4.69) is 4.90 Å². The standard InChI is InChI=1S/C14H25NO4/c1-3-18-13(16)8-10-15(12-6-5-7-12)11-9-14(17)19-4-2/h12H,3-11H2,1-2H3. The lowest BCUT2D eigenvalue weighted by atomic mass is 9.91. The second kappa shape index (κ2) is 8.91. The zero-order valence-electron chi connectivity index (χ0n) is 12.0. The summed E-state index contributed by atoms with van der Waals surface area (Å²) < 4.78 is 9.86. The summed E-state index contributed by atoms with van der Waals surface area (Å²) in [6.45, 7) is 5.80. The van der Waals surface area contributed by atoms with Crippen molar-refractivity contribution >= 4 is 11.9 Å². The molecule has 5 nitrogen and oxygen atoms in total. The maximum Gasteiger partial charge on any atom is 0.307 e. The molecule has 0 saturated heterocycles. The van der Waals surface area contributed by atoms with Crippen LogP contribution < -0.4 is 0 Å². The number of hydrogen-bond donors (Lipinski definition) is 0. The molecule has 0 spiro atoms. The zero-order chi connectivity index (χ0) is 14.1. The minimum atomic E-state index is -0.164. The molecule has 0 atom stereocenters. The van der Waals surface area contributed by atoms with Gasteiger partial charge in [0.15, 0.2) is 0 Å². The first-order valence-corrected chi connectivity index (χ1v) is 7.22. The fourth-order valence-corrected chi connectivity index (χ4v) is 2.16. The largest absolute Gasteiger partial charge is 0.466 e. The third-order valence-corrected chi connectivity index (χ3v) is 3.41. The molecule has 110 valence electrons. The molecule has 1 aliphatic rings. The molecule has 0 aromatic rings. The van der Waals surface area contributed by atoms with Crippen molar-refractivity contribution in [1.29, 1.82) is 0 Å². The van der Waals surface area contributed by atoms with Gasteiger partial charge in [-0.25, -0.2) is 0 Å². The highest BCUT2D eigenvalue weighted by molar-refractivity contribution is 5.70. The van der Waals surface area contributed by atoms with Crippen LogP contribution in [-0.2, 0) is 19.1 Å². The van der Waals surface area contributed by atoms with Crippen molar-refractivity contribution in [3.8, 4) is 0 Å². The molecule has 0 aromatic heterocycles. The number of ether oxygens (including phenoxy) is 2. The molecule has 19 heavy (non-hydrogen) atoms. The molecule has 0 radical (unpaired) electrons. The van der Waals surface area contributed by atoms with E-state index < -0.39 is 0 Å². The number of carbonyl (C=O) groups is 2. The predicted octanol–water partition coefficient (Wildman–Crippen LogP) is 1.75. The normalized spacial score (nSPS) is 15.1. The van der Waals surface area contributed by atoms with E-state index in [0.717, 1.165) is 12.8 Å². The van der Waals surface area contributed by atoms with Gasteiger partial charge >= 0.3 is 11.9 Å². The lowest BCUT2D eigenvalue weighted by Crippen LogP contribution is -2.42. The van der Waals surface area contributed by atoms with Crippen LogP contribution in [0.2, 0.25) is 0 Å². The topological polar surface area (TPSA) is 55.8 Å². The third-order valence-electron chi connectivity index (χ3n) is 3.41. The van der Waals surface area contributed by atoms with E-state index >= 15 is 0 Å². The van der Waals surface area contributed by atoms with Gasteiger partial charge in [0.05, 0.1) is 26.1 Å². The average Bonchev–Trinajstić information content (AvgIpc) is 2.31. The second-order valence-electron chi connectivity index (χ2n) is 4.73. The van der Waals surface area contributed by atoms with Crippen molar-refractivity contribution in [2.45, 2.75) is 52.0 Å². The monoisotopic (exact) mass is 271 g/mol. The number of carbonyl (C=O) groups excluding carboxylic acids is 2. The molecule has 0 unspecified atom stereocenters. The molecule has 1 saturated carbocycles. The predicted molar refractivity (Wildman–Crippen MR) is 71.7 cm³/mol. The summed E-state index contributed by atoms with van der Waals surface area (Å²) in [5, 5.41) is 0. The first-order chi connectivity index (χ1) is 9.17. The fourth-order valence-electron chi connectivity index (χ4n) is 2.16. The molecule has 1 rings (SSSR count). The maximum atomic E-state index is 11.4. The van der Waals surface area contributed by atoms with Gasteiger partial charge in [0.25, 0.3) is 0 Å². The highest BCUT2D eigenvalue weighted by Crippen LogP contribution is 2.25. The van der Waals surface area contributed by atoms with Gasteiger partial charge in [-0.3, -0.25) is 14.5 Å². The SMILES string of the molecule is CCOC(=O)CCN(CCC(=O)OCC)C1CCC1. The van der Waals surface area contributed by atoms with Gasteiger partial charge < -0.3 is 9.47 Å². The first kappa shape index (κ1) is 16.0. The minimum Gasteiger partial charge on any atom is -0.466 e. The van der Waals surface area contributed by atoms with Crippen molar-refractivity contribution in [2.75, 3.05) is 26.3 Å². The second-order valence-corrected chi connectivity index (χ2v) is 4.73. The third kappa shape index (κ3) is 6.05. The molecule has 0 bridgehead atoms. The Morgan fingerprint density at radius 1 is 1.00 bits per heavy atom. The van der Waals surface area contributed by atoms with Gasteiger partial charge in [-0.2, -0.15) is 0 Å². The Labute approximate surface area is 115 Å². The molecule has 1 fully saturated rings. The summed E-state index contributed by atoms with van der Waals surface area (Å²) in [7, 11) is 0. The molecular weight excluding hydrogens is 246 g/mol. The molecule has 0 heterocycles. The van der Waals surface area contributed by atoms with Crippen molar-refractivity contribution in [3.63, 3.8) is 0 Å². The van der Waals surface area contributed by atoms with Gasteiger partial charge in [0.2, 0.25) is 0 Å². The van der Waals surface area contributed by atoms with Crippen LogP contribution in [0, 0.1) is 0 Å². The van der Waals surface area contributed by atoms with Crippen molar-refractivity contribution in [3.05, 3.63) is 0 Å². The number of rotatable bonds is 9. The van der Waals surface area contributed by atoms with Gasteiger partial charge in [-0.05, 0) is 26.7 Å². The van der Waals surface area contributed by atoms with Crippen LogP contribution in [0.5, 0.6) is 0 Å². The van der Waals surface area contributed by atoms with Crippen LogP contribution in [0.4, 0.5) is 0 Å². The average molecular weight is 271 g/mol. The highest BCUT2D eigenvalue weighted by Gasteiger charge is 2.25. The van der Waals surface area contributed by atoms with Crippen LogP contribution in [0.3, 0.4) is 0 Å². The van der Waals surface area contributed by atoms with Gasteiger partial charge in [0, 0.05) is 19.1 Å². The van der Waals surface area contributed by atoms with Crippen molar-refractivity contribution in [1.82, 2.24) is 4.90 Å². The Kier molecular flexibility index (Phi) is 7.48. The molecule has 0 amide bonds. The Balaban J connectivity index is 2.30. The maximum absolute atomic E-state index is 11.4. The lowest BCUT2D eigenvalue weighted by Gasteiger charge is -2.37. The Bertz CT molecular complexity index is 267. The highest BCUT2D eigenvalue weighted by atomic mass is 16.5. The van der Waals surface area contributed by atoms with Crippen LogP contribution in [0.1, 0.15) is 46.0 Å². The minimum absolute atomic E-state index is 0.164. The van der Waals surface area contributed by atoms with Gasteiger partial charge in [0.1, 0.15) is 0 Å². The van der Waals surface area contributed by atoms with E-state index in [1.54, 1.807) is 0 Å². The lowest BCUT2D eigenvalue weighted by molar-refractivity contribution is -0.144. The number of esters is 2. The molecule has 0 aliphatic heterocycles. The summed E-state index contributed by atoms with van der Waals surface area (Å²) in [5.74, 6) is -0.328. The van der Waals surface area contributed by atoms with E-state index in [-0.39, 0.29) is 11.9 Å². The summed E-state index contributed by atoms with van der Waals surface area (Å²) in [6.07, 6.45) is 4.34. The van der Waals surface area contributed by atoms with E-state index in [1.807, 2.05) is 13.8 Å². The Hall–Kier alpha value is -1.10. The van der Waals surface area contributed by atoms with Crippen LogP contribution >= 0.6 is 0 Å². The van der Waals surface area contributed by atoms with E-state index in [0.29, 0.717) is 45.2 Å². The van der Waals surface area contributed by atoms with E-state index in [4.69, 9.17) is 9.47 Å². The Morgan fingerprint density at radius 3 is 1.79 bits per heavy atom. The number of nitrogens with zero attached hydrogens (tertiary/aromatic N) is 1. The zero-order valence-corrected chi connectivity index (χ0v) is 12.0. The smallest absolute Gasteiger partial charge is 0.307 e. The van der Waals surface area contributed by atoms with Gasteiger partial charge in [-0.1, -0.05) is 6.42 Å². The molecule has 1 aliphatic carbocycles. The quantitative estimate of drug-likeness (QED) is 0.598.